The third-order valence-corrected chi connectivity index (χ3v) is 2.21. The zero-order chi connectivity index (χ0) is 14.3. The fraction of sp³-hybridized carbons (Fsp3) is 0.353. The summed E-state index contributed by atoms with van der Waals surface area (Å²) >= 11 is 0. The van der Waals surface area contributed by atoms with Gasteiger partial charge < -0.3 is 4.74 Å². The lowest BCUT2D eigenvalue weighted by molar-refractivity contribution is -0.137. The Labute approximate surface area is 115 Å². The molecule has 0 aliphatic rings. The van der Waals surface area contributed by atoms with Gasteiger partial charge in [-0.25, -0.2) is 4.79 Å². The van der Waals surface area contributed by atoms with Gasteiger partial charge in [-0.2, -0.15) is 0 Å². The highest BCUT2D eigenvalue weighted by Gasteiger charge is 2.06. The van der Waals surface area contributed by atoms with Crippen molar-refractivity contribution in [1.29, 1.82) is 0 Å². The molecule has 19 heavy (non-hydrogen) atoms. The van der Waals surface area contributed by atoms with Crippen LogP contribution in [0.5, 0.6) is 0 Å². The zero-order valence-electron chi connectivity index (χ0n) is 12.0. The Bertz CT molecular complexity index is 508. The van der Waals surface area contributed by atoms with Crippen molar-refractivity contribution < 1.29 is 9.53 Å². The topological polar surface area (TPSA) is 26.3 Å². The first kappa shape index (κ1) is 15.0. The number of carbonyl (C=O) groups is 1. The number of carbonyl (C=O) groups excluding carboxylic acids is 1. The summed E-state index contributed by atoms with van der Waals surface area (Å²) in [7, 11) is 0. The number of hydrogen-bond acceptors (Lipinski definition) is 2. The van der Waals surface area contributed by atoms with Crippen molar-refractivity contribution in [2.75, 3.05) is 6.61 Å². The number of rotatable bonds is 3. The van der Waals surface area contributed by atoms with Gasteiger partial charge in [0.1, 0.15) is 0 Å². The van der Waals surface area contributed by atoms with E-state index in [2.05, 4.69) is 11.8 Å². The monoisotopic (exact) mass is 256 g/mol. The van der Waals surface area contributed by atoms with E-state index in [9.17, 15) is 4.79 Å². The largest absolute Gasteiger partial charge is 0.463 e. The van der Waals surface area contributed by atoms with Crippen LogP contribution >= 0.6 is 0 Å². The van der Waals surface area contributed by atoms with Crippen molar-refractivity contribution in [3.63, 3.8) is 0 Å². The average Bonchev–Trinajstić information content (AvgIpc) is 2.35. The Morgan fingerprint density at radius 3 is 2.42 bits per heavy atom. The van der Waals surface area contributed by atoms with Crippen LogP contribution in [0.1, 0.15) is 33.3 Å². The number of allylic oxidation sites excluding steroid dienone is 1. The second-order valence-electron chi connectivity index (χ2n) is 5.18. The van der Waals surface area contributed by atoms with Gasteiger partial charge in [-0.15, -0.1) is 0 Å². The summed E-state index contributed by atoms with van der Waals surface area (Å²) in [6, 6.07) is 9.65. The molecular weight excluding hydrogens is 236 g/mol. The molecule has 1 aromatic rings. The SMILES string of the molecule is CCOC(=O)/C=C(\C#CC(C)(C)C)c1ccccc1. The fourth-order valence-electron chi connectivity index (χ4n) is 1.37. The van der Waals surface area contributed by atoms with Gasteiger partial charge >= 0.3 is 5.97 Å². The molecule has 0 fully saturated rings. The van der Waals surface area contributed by atoms with Crippen LogP contribution in [-0.4, -0.2) is 12.6 Å². The number of esters is 1. The molecule has 0 aromatic heterocycles. The predicted molar refractivity (Wildman–Crippen MR) is 78.3 cm³/mol. The summed E-state index contributed by atoms with van der Waals surface area (Å²) in [5.41, 5.74) is 1.50. The van der Waals surface area contributed by atoms with Gasteiger partial charge in [0.15, 0.2) is 0 Å². The summed E-state index contributed by atoms with van der Waals surface area (Å²) in [5, 5.41) is 0. The maximum absolute atomic E-state index is 11.6. The van der Waals surface area contributed by atoms with Crippen LogP contribution in [0.15, 0.2) is 36.4 Å². The summed E-state index contributed by atoms with van der Waals surface area (Å²) in [6.45, 7) is 8.26. The van der Waals surface area contributed by atoms with E-state index in [0.717, 1.165) is 5.56 Å². The van der Waals surface area contributed by atoms with Crippen molar-refractivity contribution in [1.82, 2.24) is 0 Å². The van der Waals surface area contributed by atoms with Crippen LogP contribution in [0.4, 0.5) is 0 Å². The molecule has 0 spiro atoms. The molecule has 0 aliphatic heterocycles. The van der Waals surface area contributed by atoms with Crippen LogP contribution in [0.2, 0.25) is 0 Å². The molecule has 0 saturated carbocycles. The van der Waals surface area contributed by atoms with Gasteiger partial charge in [0.25, 0.3) is 0 Å². The highest BCUT2D eigenvalue weighted by Crippen LogP contribution is 2.16. The molecule has 0 amide bonds. The third kappa shape index (κ3) is 5.92. The maximum Gasteiger partial charge on any atom is 0.332 e. The lowest BCUT2D eigenvalue weighted by Gasteiger charge is -2.08. The maximum atomic E-state index is 11.6. The molecule has 0 atom stereocenters. The van der Waals surface area contributed by atoms with E-state index in [1.807, 2.05) is 51.1 Å². The fourth-order valence-corrected chi connectivity index (χ4v) is 1.37. The van der Waals surface area contributed by atoms with E-state index in [1.165, 1.54) is 6.08 Å². The lowest BCUT2D eigenvalue weighted by atomic mass is 9.96. The second-order valence-corrected chi connectivity index (χ2v) is 5.18. The Hall–Kier alpha value is -2.01. The van der Waals surface area contributed by atoms with E-state index < -0.39 is 0 Å². The third-order valence-electron chi connectivity index (χ3n) is 2.21. The Kier molecular flexibility index (Phi) is 5.38. The van der Waals surface area contributed by atoms with E-state index in [4.69, 9.17) is 4.74 Å². The number of benzene rings is 1. The standard InChI is InChI=1S/C17H20O2/c1-5-19-16(18)13-15(11-12-17(2,3)4)14-9-7-6-8-10-14/h6-10,13H,5H2,1-4H3/b15-13+. The highest BCUT2D eigenvalue weighted by molar-refractivity contribution is 5.96. The number of hydrogen-bond donors (Lipinski definition) is 0. The van der Waals surface area contributed by atoms with Gasteiger partial charge in [0.2, 0.25) is 0 Å². The molecule has 1 rings (SSSR count). The summed E-state index contributed by atoms with van der Waals surface area (Å²) in [4.78, 5) is 11.6. The van der Waals surface area contributed by atoms with Crippen molar-refractivity contribution in [3.8, 4) is 11.8 Å². The van der Waals surface area contributed by atoms with Gasteiger partial charge in [-0.05, 0) is 33.3 Å². The van der Waals surface area contributed by atoms with Crippen LogP contribution < -0.4 is 0 Å². The van der Waals surface area contributed by atoms with Crippen molar-refractivity contribution in [2.24, 2.45) is 5.41 Å². The second kappa shape index (κ2) is 6.80. The molecular formula is C17H20O2. The molecule has 0 heterocycles. The van der Waals surface area contributed by atoms with Gasteiger partial charge in [-0.3, -0.25) is 0 Å². The summed E-state index contributed by atoms with van der Waals surface area (Å²) < 4.78 is 4.94. The van der Waals surface area contributed by atoms with Gasteiger partial charge in [0, 0.05) is 17.1 Å². The molecule has 0 N–H and O–H groups in total. The normalized spacial score (nSPS) is 11.5. The summed E-state index contributed by atoms with van der Waals surface area (Å²) in [6.07, 6.45) is 1.46. The minimum atomic E-state index is -0.357. The van der Waals surface area contributed by atoms with E-state index in [1.54, 1.807) is 6.92 Å². The Morgan fingerprint density at radius 1 is 1.26 bits per heavy atom. The van der Waals surface area contributed by atoms with E-state index >= 15 is 0 Å². The quantitative estimate of drug-likeness (QED) is 0.468. The molecule has 100 valence electrons. The Morgan fingerprint density at radius 2 is 1.89 bits per heavy atom. The van der Waals surface area contributed by atoms with Crippen LogP contribution in [0, 0.1) is 17.3 Å². The molecule has 0 saturated heterocycles. The first-order valence-corrected chi connectivity index (χ1v) is 6.39. The molecule has 0 aliphatic carbocycles. The molecule has 2 heteroatoms. The molecule has 0 unspecified atom stereocenters. The first-order chi connectivity index (χ1) is 8.92. The average molecular weight is 256 g/mol. The lowest BCUT2D eigenvalue weighted by Crippen LogP contribution is -2.02. The van der Waals surface area contributed by atoms with E-state index in [-0.39, 0.29) is 11.4 Å². The number of ether oxygens (including phenoxy) is 1. The highest BCUT2D eigenvalue weighted by atomic mass is 16.5. The first-order valence-electron chi connectivity index (χ1n) is 6.39. The van der Waals surface area contributed by atoms with Crippen molar-refractivity contribution in [3.05, 3.63) is 42.0 Å². The van der Waals surface area contributed by atoms with Crippen LogP contribution in [0.25, 0.3) is 5.57 Å². The smallest absolute Gasteiger partial charge is 0.332 e. The van der Waals surface area contributed by atoms with E-state index in [0.29, 0.717) is 12.2 Å². The van der Waals surface area contributed by atoms with Gasteiger partial charge in [0.05, 0.1) is 6.61 Å². The Balaban J connectivity index is 3.11. The summed E-state index contributed by atoms with van der Waals surface area (Å²) in [5.74, 6) is 5.86. The van der Waals surface area contributed by atoms with Crippen LogP contribution in [-0.2, 0) is 9.53 Å². The molecule has 0 bridgehead atoms. The van der Waals surface area contributed by atoms with Gasteiger partial charge in [-0.1, -0.05) is 42.2 Å². The van der Waals surface area contributed by atoms with Crippen molar-refractivity contribution in [2.45, 2.75) is 27.7 Å². The minimum Gasteiger partial charge on any atom is -0.463 e. The molecule has 2 nitrogen and oxygen atoms in total. The molecule has 1 aromatic carbocycles. The molecule has 0 radical (unpaired) electrons. The van der Waals surface area contributed by atoms with Crippen LogP contribution in [0.3, 0.4) is 0 Å². The van der Waals surface area contributed by atoms with Crippen molar-refractivity contribution >= 4 is 11.5 Å². The predicted octanol–water partition coefficient (Wildman–Crippen LogP) is 3.68. The minimum absolute atomic E-state index is 0.109. The zero-order valence-corrected chi connectivity index (χ0v) is 12.0.